The van der Waals surface area contributed by atoms with Gasteiger partial charge in [0.2, 0.25) is 5.75 Å². The predicted molar refractivity (Wildman–Crippen MR) is 94.1 cm³/mol. The fourth-order valence-corrected chi connectivity index (χ4v) is 2.40. The van der Waals surface area contributed by atoms with Crippen LogP contribution < -0.4 is 18.9 Å². The molecule has 0 saturated heterocycles. The summed E-state index contributed by atoms with van der Waals surface area (Å²) in [7, 11) is 5.77. The van der Waals surface area contributed by atoms with Crippen LogP contribution in [0.3, 0.4) is 0 Å². The van der Waals surface area contributed by atoms with Gasteiger partial charge in [-0.2, -0.15) is 0 Å². The number of allylic oxidation sites excluding steroid dienone is 1. The van der Waals surface area contributed by atoms with Crippen LogP contribution in [0, 0.1) is 0 Å². The lowest BCUT2D eigenvalue weighted by Gasteiger charge is -2.15. The van der Waals surface area contributed by atoms with Crippen LogP contribution in [0.15, 0.2) is 36.4 Å². The molecule has 0 aliphatic heterocycles. The number of rotatable bonds is 7. The van der Waals surface area contributed by atoms with Crippen LogP contribution in [0.1, 0.15) is 15.9 Å². The molecule has 0 atom stereocenters. The standard InChI is InChI=1S/C19H20O6/c1-22-14-8-6-5-7-12(14)9-10-13(20)17-15(23-2)11-16(24-3)19(25-4)18(17)21/h5-11,21H,1-4H3/b10-9+. The minimum Gasteiger partial charge on any atom is -0.504 e. The Bertz CT molecular complexity index is 795. The van der Waals surface area contributed by atoms with Gasteiger partial charge < -0.3 is 24.1 Å². The molecule has 0 saturated carbocycles. The van der Waals surface area contributed by atoms with Crippen molar-refractivity contribution in [2.75, 3.05) is 28.4 Å². The second kappa shape index (κ2) is 8.10. The van der Waals surface area contributed by atoms with Crippen LogP contribution in [-0.4, -0.2) is 39.3 Å². The van der Waals surface area contributed by atoms with Gasteiger partial charge in [0, 0.05) is 11.6 Å². The first kappa shape index (κ1) is 18.2. The quantitative estimate of drug-likeness (QED) is 0.613. The van der Waals surface area contributed by atoms with Crippen LogP contribution in [-0.2, 0) is 0 Å². The van der Waals surface area contributed by atoms with Gasteiger partial charge in [0.25, 0.3) is 0 Å². The molecule has 6 heteroatoms. The molecule has 2 rings (SSSR count). The largest absolute Gasteiger partial charge is 0.504 e. The van der Waals surface area contributed by atoms with Crippen LogP contribution in [0.25, 0.3) is 6.08 Å². The minimum absolute atomic E-state index is 0.00806. The number of methoxy groups -OCH3 is 4. The monoisotopic (exact) mass is 344 g/mol. The number of carbonyl (C=O) groups is 1. The third-order valence-electron chi connectivity index (χ3n) is 3.63. The Morgan fingerprint density at radius 1 is 0.920 bits per heavy atom. The molecule has 132 valence electrons. The Balaban J connectivity index is 2.46. The van der Waals surface area contributed by atoms with Gasteiger partial charge in [-0.05, 0) is 18.2 Å². The second-order valence-electron chi connectivity index (χ2n) is 4.98. The molecule has 2 aromatic rings. The molecular formula is C19H20O6. The van der Waals surface area contributed by atoms with Gasteiger partial charge in [-0.15, -0.1) is 0 Å². The van der Waals surface area contributed by atoms with Gasteiger partial charge in [-0.3, -0.25) is 4.79 Å². The zero-order valence-corrected chi connectivity index (χ0v) is 14.5. The first-order valence-electron chi connectivity index (χ1n) is 7.44. The van der Waals surface area contributed by atoms with Crippen molar-refractivity contribution in [3.8, 4) is 28.7 Å². The lowest BCUT2D eigenvalue weighted by molar-refractivity contribution is 0.104. The summed E-state index contributed by atoms with van der Waals surface area (Å²) in [5.41, 5.74) is 0.726. The normalized spacial score (nSPS) is 10.6. The van der Waals surface area contributed by atoms with Crippen LogP contribution in [0.4, 0.5) is 0 Å². The Morgan fingerprint density at radius 2 is 1.56 bits per heavy atom. The number of aromatic hydroxyl groups is 1. The zero-order valence-electron chi connectivity index (χ0n) is 14.5. The van der Waals surface area contributed by atoms with E-state index in [1.165, 1.54) is 33.5 Å². The van der Waals surface area contributed by atoms with Gasteiger partial charge in [-0.1, -0.05) is 18.2 Å². The third kappa shape index (κ3) is 3.68. The van der Waals surface area contributed by atoms with Crippen molar-refractivity contribution in [2.45, 2.75) is 0 Å². The number of hydrogen-bond donors (Lipinski definition) is 1. The summed E-state index contributed by atoms with van der Waals surface area (Å²) < 4.78 is 20.7. The van der Waals surface area contributed by atoms with E-state index in [0.717, 1.165) is 5.56 Å². The maximum absolute atomic E-state index is 12.6. The molecule has 1 N–H and O–H groups in total. The molecule has 0 fully saturated rings. The number of para-hydroxylation sites is 1. The van der Waals surface area contributed by atoms with Gasteiger partial charge in [0.1, 0.15) is 17.1 Å². The first-order valence-corrected chi connectivity index (χ1v) is 7.44. The summed E-state index contributed by atoms with van der Waals surface area (Å²) in [6, 6.07) is 8.76. The van der Waals surface area contributed by atoms with Crippen molar-refractivity contribution in [1.29, 1.82) is 0 Å². The van der Waals surface area contributed by atoms with Gasteiger partial charge in [0.15, 0.2) is 17.3 Å². The molecule has 0 unspecified atom stereocenters. The maximum atomic E-state index is 12.6. The molecule has 0 heterocycles. The number of ketones is 1. The fourth-order valence-electron chi connectivity index (χ4n) is 2.40. The summed E-state index contributed by atoms with van der Waals surface area (Å²) in [5.74, 6) is 0.369. The molecule has 0 spiro atoms. The number of hydrogen-bond acceptors (Lipinski definition) is 6. The summed E-state index contributed by atoms with van der Waals surface area (Å²) in [6.07, 6.45) is 2.94. The van der Waals surface area contributed by atoms with E-state index in [1.807, 2.05) is 18.2 Å². The summed E-state index contributed by atoms with van der Waals surface area (Å²) in [5, 5.41) is 10.4. The molecule has 0 aromatic heterocycles. The van der Waals surface area contributed by atoms with Crippen molar-refractivity contribution in [3.05, 3.63) is 47.5 Å². The van der Waals surface area contributed by atoms with E-state index in [9.17, 15) is 9.90 Å². The van der Waals surface area contributed by atoms with E-state index < -0.39 is 5.78 Å². The summed E-state index contributed by atoms with van der Waals surface area (Å²) in [4.78, 5) is 12.6. The van der Waals surface area contributed by atoms with Crippen LogP contribution in [0.2, 0.25) is 0 Å². The SMILES string of the molecule is COc1ccccc1/C=C/C(=O)c1c(OC)cc(OC)c(OC)c1O. The average molecular weight is 344 g/mol. The van der Waals surface area contributed by atoms with E-state index >= 15 is 0 Å². The topological polar surface area (TPSA) is 74.2 Å². The summed E-state index contributed by atoms with van der Waals surface area (Å²) in [6.45, 7) is 0. The highest BCUT2D eigenvalue weighted by molar-refractivity contribution is 6.11. The second-order valence-corrected chi connectivity index (χ2v) is 4.98. The fraction of sp³-hybridized carbons (Fsp3) is 0.211. The third-order valence-corrected chi connectivity index (χ3v) is 3.63. The highest BCUT2D eigenvalue weighted by Crippen LogP contribution is 2.44. The van der Waals surface area contributed by atoms with Gasteiger partial charge >= 0.3 is 0 Å². The highest BCUT2D eigenvalue weighted by atomic mass is 16.5. The highest BCUT2D eigenvalue weighted by Gasteiger charge is 2.23. The van der Waals surface area contributed by atoms with E-state index in [-0.39, 0.29) is 28.6 Å². The maximum Gasteiger partial charge on any atom is 0.204 e. The van der Waals surface area contributed by atoms with Crippen LogP contribution >= 0.6 is 0 Å². The average Bonchev–Trinajstić information content (AvgIpc) is 2.65. The minimum atomic E-state index is -0.443. The van der Waals surface area contributed by atoms with Crippen molar-refractivity contribution in [2.24, 2.45) is 0 Å². The Morgan fingerprint density at radius 3 is 2.16 bits per heavy atom. The summed E-state index contributed by atoms with van der Waals surface area (Å²) >= 11 is 0. The zero-order chi connectivity index (χ0) is 18.4. The van der Waals surface area contributed by atoms with Crippen molar-refractivity contribution >= 4 is 11.9 Å². The lowest BCUT2D eigenvalue weighted by atomic mass is 10.0. The number of phenols is 1. The Hall–Kier alpha value is -3.15. The van der Waals surface area contributed by atoms with Crippen molar-refractivity contribution in [3.63, 3.8) is 0 Å². The van der Waals surface area contributed by atoms with E-state index in [2.05, 4.69) is 0 Å². The van der Waals surface area contributed by atoms with Crippen molar-refractivity contribution < 1.29 is 28.8 Å². The van der Waals surface area contributed by atoms with Gasteiger partial charge in [0.05, 0.1) is 28.4 Å². The Labute approximate surface area is 146 Å². The molecule has 0 radical (unpaired) electrons. The predicted octanol–water partition coefficient (Wildman–Crippen LogP) is 3.32. The molecule has 25 heavy (non-hydrogen) atoms. The first-order chi connectivity index (χ1) is 12.1. The molecule has 0 aliphatic carbocycles. The molecular weight excluding hydrogens is 324 g/mol. The Kier molecular flexibility index (Phi) is 5.89. The molecule has 6 nitrogen and oxygen atoms in total. The van der Waals surface area contributed by atoms with E-state index in [0.29, 0.717) is 5.75 Å². The smallest absolute Gasteiger partial charge is 0.204 e. The molecule has 0 amide bonds. The number of benzene rings is 2. The number of carbonyl (C=O) groups excluding carboxylic acids is 1. The van der Waals surface area contributed by atoms with Crippen molar-refractivity contribution in [1.82, 2.24) is 0 Å². The number of phenolic OH excluding ortho intramolecular Hbond substituents is 1. The molecule has 2 aromatic carbocycles. The number of ether oxygens (including phenoxy) is 4. The van der Waals surface area contributed by atoms with Gasteiger partial charge in [-0.25, -0.2) is 0 Å². The molecule has 0 bridgehead atoms. The van der Waals surface area contributed by atoms with E-state index in [4.69, 9.17) is 18.9 Å². The molecule has 0 aliphatic rings. The van der Waals surface area contributed by atoms with E-state index in [1.54, 1.807) is 19.3 Å². The van der Waals surface area contributed by atoms with Crippen LogP contribution in [0.5, 0.6) is 28.7 Å². The lowest BCUT2D eigenvalue weighted by Crippen LogP contribution is -2.03.